The maximum atomic E-state index is 10.6. The highest BCUT2D eigenvalue weighted by atomic mass is 79.9. The fraction of sp³-hybridized carbons (Fsp3) is 0.143. The van der Waals surface area contributed by atoms with E-state index >= 15 is 0 Å². The molecule has 1 atom stereocenters. The van der Waals surface area contributed by atoms with Gasteiger partial charge >= 0.3 is 0 Å². The Kier molecular flexibility index (Phi) is 9.31. The van der Waals surface area contributed by atoms with Crippen molar-refractivity contribution in [3.05, 3.63) is 106 Å². The molecular formula is C28H22BrClN2OS2. The van der Waals surface area contributed by atoms with Gasteiger partial charge in [0.05, 0.1) is 17.4 Å². The summed E-state index contributed by atoms with van der Waals surface area (Å²) in [5.41, 5.74) is 5.27. The van der Waals surface area contributed by atoms with E-state index in [0.717, 1.165) is 37.6 Å². The lowest BCUT2D eigenvalue weighted by atomic mass is 9.99. The molecule has 1 unspecified atom stereocenters. The van der Waals surface area contributed by atoms with Gasteiger partial charge in [-0.15, -0.1) is 11.8 Å². The summed E-state index contributed by atoms with van der Waals surface area (Å²) in [6.07, 6.45) is -0.526. The molecule has 0 aliphatic carbocycles. The van der Waals surface area contributed by atoms with Crippen LogP contribution in [-0.2, 0) is 5.75 Å². The van der Waals surface area contributed by atoms with Crippen molar-refractivity contribution in [3.63, 3.8) is 0 Å². The van der Waals surface area contributed by atoms with Gasteiger partial charge in [-0.2, -0.15) is 17.0 Å². The first-order valence-corrected chi connectivity index (χ1v) is 14.2. The third-order valence-electron chi connectivity index (χ3n) is 5.23. The molecule has 1 N–H and O–H groups in total. The largest absolute Gasteiger partial charge is 0.391 e. The molecule has 0 amide bonds. The number of aliphatic hydroxyl groups is 1. The van der Waals surface area contributed by atoms with Gasteiger partial charge in [0, 0.05) is 37.9 Å². The number of benzene rings is 3. The van der Waals surface area contributed by atoms with Crippen LogP contribution in [0.5, 0.6) is 0 Å². The van der Waals surface area contributed by atoms with Crippen molar-refractivity contribution in [1.29, 1.82) is 5.26 Å². The Hall–Kier alpha value is -2.27. The number of aromatic nitrogens is 1. The second-order valence-electron chi connectivity index (χ2n) is 7.83. The predicted octanol–water partition coefficient (Wildman–Crippen LogP) is 8.09. The zero-order valence-electron chi connectivity index (χ0n) is 18.7. The molecule has 1 aromatic heterocycles. The van der Waals surface area contributed by atoms with E-state index in [-0.39, 0.29) is 0 Å². The van der Waals surface area contributed by atoms with Gasteiger partial charge in [-0.25, -0.2) is 4.98 Å². The zero-order chi connectivity index (χ0) is 24.6. The van der Waals surface area contributed by atoms with E-state index in [4.69, 9.17) is 16.6 Å². The highest BCUT2D eigenvalue weighted by Gasteiger charge is 2.17. The van der Waals surface area contributed by atoms with Crippen LogP contribution in [0.1, 0.15) is 11.1 Å². The number of hydrogen-bond acceptors (Lipinski definition) is 5. The van der Waals surface area contributed by atoms with Crippen LogP contribution < -0.4 is 0 Å². The van der Waals surface area contributed by atoms with Crippen LogP contribution in [0.2, 0.25) is 5.02 Å². The number of halogens is 2. The van der Waals surface area contributed by atoms with E-state index in [1.54, 1.807) is 11.8 Å². The SMILES string of the molecule is N#Cc1c(-c2ccccc2)cc(-c2ccc(Br)cc2)nc1SCC(O)CSCc1ccc(Cl)cc1. The average Bonchev–Trinajstić information content (AvgIpc) is 2.89. The highest BCUT2D eigenvalue weighted by Crippen LogP contribution is 2.35. The van der Waals surface area contributed by atoms with Gasteiger partial charge in [0.15, 0.2) is 0 Å². The maximum absolute atomic E-state index is 10.6. The molecule has 0 radical (unpaired) electrons. The van der Waals surface area contributed by atoms with Gasteiger partial charge in [-0.1, -0.05) is 82.1 Å². The van der Waals surface area contributed by atoms with Crippen molar-refractivity contribution in [1.82, 2.24) is 4.98 Å². The number of thioether (sulfide) groups is 2. The van der Waals surface area contributed by atoms with E-state index in [0.29, 0.717) is 22.1 Å². The van der Waals surface area contributed by atoms with Crippen molar-refractivity contribution in [2.24, 2.45) is 0 Å². The molecule has 0 bridgehead atoms. The van der Waals surface area contributed by atoms with Crippen molar-refractivity contribution in [2.45, 2.75) is 16.9 Å². The number of aliphatic hydroxyl groups excluding tert-OH is 1. The fourth-order valence-electron chi connectivity index (χ4n) is 3.46. The molecule has 0 aliphatic rings. The van der Waals surface area contributed by atoms with Gasteiger partial charge in [0.1, 0.15) is 11.1 Å². The molecule has 0 fully saturated rings. The van der Waals surface area contributed by atoms with Gasteiger partial charge in [0.2, 0.25) is 0 Å². The van der Waals surface area contributed by atoms with Crippen LogP contribution >= 0.6 is 51.1 Å². The minimum atomic E-state index is -0.526. The van der Waals surface area contributed by atoms with Crippen molar-refractivity contribution in [2.75, 3.05) is 11.5 Å². The van der Waals surface area contributed by atoms with Gasteiger partial charge in [0.25, 0.3) is 0 Å². The zero-order valence-corrected chi connectivity index (χ0v) is 22.7. The molecule has 4 aromatic rings. The highest BCUT2D eigenvalue weighted by molar-refractivity contribution is 9.10. The molecule has 3 aromatic carbocycles. The standard InChI is InChI=1S/C28H22BrClN2OS2/c29-22-10-8-21(9-11-22)27-14-25(20-4-2-1-3-5-20)26(15-31)28(32-27)35-18-24(33)17-34-16-19-6-12-23(30)13-7-19/h1-14,24,33H,16-18H2. The summed E-state index contributed by atoms with van der Waals surface area (Å²) in [7, 11) is 0. The third kappa shape index (κ3) is 7.13. The molecule has 0 saturated heterocycles. The van der Waals surface area contributed by atoms with E-state index in [2.05, 4.69) is 22.0 Å². The minimum Gasteiger partial charge on any atom is -0.391 e. The first kappa shape index (κ1) is 25.8. The first-order valence-electron chi connectivity index (χ1n) is 10.9. The summed E-state index contributed by atoms with van der Waals surface area (Å²) in [5, 5.41) is 22.0. The number of pyridine rings is 1. The summed E-state index contributed by atoms with van der Waals surface area (Å²) in [6, 6.07) is 29.9. The quantitative estimate of drug-likeness (QED) is 0.202. The van der Waals surface area contributed by atoms with E-state index < -0.39 is 6.10 Å². The topological polar surface area (TPSA) is 56.9 Å². The second-order valence-corrected chi connectivity index (χ2v) is 11.2. The Morgan fingerprint density at radius 3 is 2.34 bits per heavy atom. The van der Waals surface area contributed by atoms with E-state index in [9.17, 15) is 10.4 Å². The fourth-order valence-corrected chi connectivity index (χ4v) is 5.87. The molecule has 0 spiro atoms. The van der Waals surface area contributed by atoms with Crippen LogP contribution in [0.3, 0.4) is 0 Å². The van der Waals surface area contributed by atoms with Gasteiger partial charge in [-0.3, -0.25) is 0 Å². The van der Waals surface area contributed by atoms with E-state index in [1.807, 2.05) is 84.9 Å². The average molecular weight is 582 g/mol. The van der Waals surface area contributed by atoms with Crippen LogP contribution in [0.25, 0.3) is 22.4 Å². The lowest BCUT2D eigenvalue weighted by Gasteiger charge is -2.14. The summed E-state index contributed by atoms with van der Waals surface area (Å²) in [5.74, 6) is 1.85. The van der Waals surface area contributed by atoms with Crippen LogP contribution in [-0.4, -0.2) is 27.7 Å². The Bertz CT molecular complexity index is 1310. The Morgan fingerprint density at radius 2 is 1.66 bits per heavy atom. The molecule has 4 rings (SSSR count). The van der Waals surface area contributed by atoms with Crippen LogP contribution in [0, 0.1) is 11.3 Å². The summed E-state index contributed by atoms with van der Waals surface area (Å²) in [6.45, 7) is 0. The number of nitriles is 1. The normalized spacial score (nSPS) is 11.7. The Morgan fingerprint density at radius 1 is 0.943 bits per heavy atom. The Balaban J connectivity index is 1.53. The third-order valence-corrected chi connectivity index (χ3v) is 8.29. The molecule has 3 nitrogen and oxygen atoms in total. The minimum absolute atomic E-state index is 0.452. The molecule has 0 aliphatic heterocycles. The van der Waals surface area contributed by atoms with Crippen LogP contribution in [0.15, 0.2) is 94.4 Å². The van der Waals surface area contributed by atoms with Crippen LogP contribution in [0.4, 0.5) is 0 Å². The summed E-state index contributed by atoms with van der Waals surface area (Å²) < 4.78 is 0.993. The molecule has 35 heavy (non-hydrogen) atoms. The van der Waals surface area contributed by atoms with Gasteiger partial charge < -0.3 is 5.11 Å². The molecular weight excluding hydrogens is 560 g/mol. The number of rotatable bonds is 9. The predicted molar refractivity (Wildman–Crippen MR) is 152 cm³/mol. The van der Waals surface area contributed by atoms with E-state index in [1.165, 1.54) is 17.3 Å². The molecule has 7 heteroatoms. The lowest BCUT2D eigenvalue weighted by molar-refractivity contribution is 0.225. The molecule has 1 heterocycles. The summed E-state index contributed by atoms with van der Waals surface area (Å²) in [4.78, 5) is 4.83. The van der Waals surface area contributed by atoms with Crippen molar-refractivity contribution in [3.8, 4) is 28.5 Å². The first-order chi connectivity index (χ1) is 17.0. The van der Waals surface area contributed by atoms with Crippen molar-refractivity contribution < 1.29 is 5.11 Å². The molecule has 176 valence electrons. The number of hydrogen-bond donors (Lipinski definition) is 1. The monoisotopic (exact) mass is 580 g/mol. The Labute approximate surface area is 227 Å². The van der Waals surface area contributed by atoms with Gasteiger partial charge in [-0.05, 0) is 41.5 Å². The van der Waals surface area contributed by atoms with Crippen molar-refractivity contribution >= 4 is 51.1 Å². The lowest BCUT2D eigenvalue weighted by Crippen LogP contribution is -2.13. The molecule has 0 saturated carbocycles. The maximum Gasteiger partial charge on any atom is 0.115 e. The number of nitrogens with zero attached hydrogens (tertiary/aromatic N) is 2. The second kappa shape index (κ2) is 12.6. The summed E-state index contributed by atoms with van der Waals surface area (Å²) >= 11 is 12.5. The smallest absolute Gasteiger partial charge is 0.115 e.